The highest BCUT2D eigenvalue weighted by atomic mass is 35.5. The Hall–Kier alpha value is -2.83. The molecular weight excluding hydrogens is 590 g/mol. The molecule has 0 saturated carbocycles. The zero-order valence-corrected chi connectivity index (χ0v) is 30.2. The fourth-order valence-corrected chi connectivity index (χ4v) is 5.36. The minimum atomic E-state index is -0.0342. The number of terminal acetylenes is 1. The van der Waals surface area contributed by atoms with E-state index in [1.807, 2.05) is 59.0 Å². The maximum atomic E-state index is 9.99. The quantitative estimate of drug-likeness (QED) is 0.0778. The Balaban J connectivity index is 0. The van der Waals surface area contributed by atoms with Crippen molar-refractivity contribution in [3.05, 3.63) is 68.6 Å². The first-order valence-electron chi connectivity index (χ1n) is 15.5. The van der Waals surface area contributed by atoms with Crippen LogP contribution in [0.15, 0.2) is 48.3 Å². The molecule has 246 valence electrons. The number of methoxy groups -OCH3 is 1. The van der Waals surface area contributed by atoms with Gasteiger partial charge in [0, 0.05) is 47.1 Å². The van der Waals surface area contributed by atoms with Crippen LogP contribution in [0.2, 0.25) is 5.15 Å². The van der Waals surface area contributed by atoms with Crippen molar-refractivity contribution in [2.24, 2.45) is 5.18 Å². The van der Waals surface area contributed by atoms with Gasteiger partial charge in [0.15, 0.2) is 0 Å². The van der Waals surface area contributed by atoms with Crippen LogP contribution in [0, 0.1) is 17.8 Å². The molecule has 44 heavy (non-hydrogen) atoms. The molecule has 3 heterocycles. The largest absolute Gasteiger partial charge is 0.497 e. The molecule has 0 radical (unpaired) electrons. The van der Waals surface area contributed by atoms with E-state index in [0.29, 0.717) is 18.2 Å². The highest BCUT2D eigenvalue weighted by Gasteiger charge is 2.19. The number of likely N-dealkylation sites (tertiary alicyclic amines) is 1. The third-order valence-electron chi connectivity index (χ3n) is 5.99. The first-order valence-corrected chi connectivity index (χ1v) is 16.7. The zero-order valence-electron chi connectivity index (χ0n) is 28.6. The Kier molecular flexibility index (Phi) is 26.1. The van der Waals surface area contributed by atoms with Crippen LogP contribution in [0.3, 0.4) is 0 Å². The molecule has 0 atom stereocenters. The molecule has 1 fully saturated rings. The Morgan fingerprint density at radius 3 is 2.32 bits per heavy atom. The van der Waals surface area contributed by atoms with Gasteiger partial charge in [-0.1, -0.05) is 57.5 Å². The van der Waals surface area contributed by atoms with Crippen molar-refractivity contribution in [3.63, 3.8) is 0 Å². The van der Waals surface area contributed by atoms with Crippen LogP contribution in [-0.2, 0) is 19.4 Å². The summed E-state index contributed by atoms with van der Waals surface area (Å²) in [4.78, 5) is 22.6. The van der Waals surface area contributed by atoms with Crippen molar-refractivity contribution < 1.29 is 4.74 Å². The summed E-state index contributed by atoms with van der Waals surface area (Å²) in [5.74, 6) is 0.851. The van der Waals surface area contributed by atoms with Crippen LogP contribution in [0.1, 0.15) is 83.7 Å². The van der Waals surface area contributed by atoms with Gasteiger partial charge < -0.3 is 10.1 Å². The molecular formula is C35H56ClN5O2S. The van der Waals surface area contributed by atoms with Gasteiger partial charge in [-0.3, -0.25) is 4.90 Å². The van der Waals surface area contributed by atoms with Crippen LogP contribution in [0.5, 0.6) is 5.75 Å². The summed E-state index contributed by atoms with van der Waals surface area (Å²) in [6, 6.07) is 7.99. The average molecular weight is 646 g/mol. The Labute approximate surface area is 276 Å². The van der Waals surface area contributed by atoms with Gasteiger partial charge in [0.05, 0.1) is 24.2 Å². The number of pyridine rings is 1. The second-order valence-electron chi connectivity index (χ2n) is 9.80. The van der Waals surface area contributed by atoms with Crippen molar-refractivity contribution in [1.29, 1.82) is 0 Å². The number of nitrogens with one attached hydrogen (secondary N) is 1. The average Bonchev–Trinajstić information content (AvgIpc) is 3.73. The highest BCUT2D eigenvalue weighted by molar-refractivity contribution is 7.11. The number of thiazole rings is 1. The van der Waals surface area contributed by atoms with E-state index in [4.69, 9.17) is 16.3 Å². The number of halogens is 1. The molecule has 2 aromatic heterocycles. The lowest BCUT2D eigenvalue weighted by molar-refractivity contribution is 0.331. The number of allylic oxidation sites excluding steroid dienone is 1. The lowest BCUT2D eigenvalue weighted by atomic mass is 10.0. The number of aromatic nitrogens is 2. The topological polar surface area (TPSA) is 79.7 Å². The van der Waals surface area contributed by atoms with Crippen LogP contribution < -0.4 is 10.1 Å². The third kappa shape index (κ3) is 17.5. The molecule has 1 aromatic carbocycles. The van der Waals surface area contributed by atoms with Crippen LogP contribution in [0.4, 0.5) is 0 Å². The van der Waals surface area contributed by atoms with Crippen molar-refractivity contribution in [2.75, 3.05) is 33.3 Å². The molecule has 4 rings (SSSR count). The van der Waals surface area contributed by atoms with Crippen molar-refractivity contribution in [1.82, 2.24) is 20.2 Å². The molecule has 3 aromatic rings. The monoisotopic (exact) mass is 645 g/mol. The van der Waals surface area contributed by atoms with Gasteiger partial charge in [-0.2, -0.15) is 4.91 Å². The minimum Gasteiger partial charge on any atom is -0.497 e. The van der Waals surface area contributed by atoms with Gasteiger partial charge in [-0.05, 0) is 77.4 Å². The number of aryl methyl sites for hydroxylation is 1. The number of hydrogen-bond acceptors (Lipinski definition) is 8. The van der Waals surface area contributed by atoms with Crippen LogP contribution in [-0.4, -0.2) is 53.7 Å². The summed E-state index contributed by atoms with van der Waals surface area (Å²) >= 11 is 8.05. The summed E-state index contributed by atoms with van der Waals surface area (Å²) in [6.45, 7) is 23.8. The second-order valence-corrected chi connectivity index (χ2v) is 11.4. The molecule has 0 aliphatic carbocycles. The first kappa shape index (κ1) is 43.3. The lowest BCUT2D eigenvalue weighted by Crippen LogP contribution is -2.42. The number of nitroso groups, excluding NO2 is 1. The number of hydrogen-bond donors (Lipinski definition) is 1. The van der Waals surface area contributed by atoms with E-state index in [1.54, 1.807) is 24.5 Å². The number of rotatable bonds is 10. The summed E-state index contributed by atoms with van der Waals surface area (Å²) in [7, 11) is 1.68. The zero-order chi connectivity index (χ0) is 34.0. The van der Waals surface area contributed by atoms with Crippen LogP contribution in [0.25, 0.3) is 10.9 Å². The fourth-order valence-electron chi connectivity index (χ4n) is 4.07. The molecule has 0 amide bonds. The number of benzene rings is 1. The Bertz CT molecular complexity index is 1190. The van der Waals surface area contributed by atoms with E-state index in [2.05, 4.69) is 71.6 Å². The maximum absolute atomic E-state index is 9.99. The summed E-state index contributed by atoms with van der Waals surface area (Å²) in [5, 5.41) is 8.99. The van der Waals surface area contributed by atoms with E-state index in [0.717, 1.165) is 59.7 Å². The summed E-state index contributed by atoms with van der Waals surface area (Å²) < 4.78 is 5.25. The molecule has 1 aliphatic rings. The van der Waals surface area contributed by atoms with Crippen LogP contribution >= 0.6 is 22.9 Å². The van der Waals surface area contributed by atoms with Gasteiger partial charge in [0.25, 0.3) is 0 Å². The van der Waals surface area contributed by atoms with E-state index in [-0.39, 0.29) is 5.54 Å². The van der Waals surface area contributed by atoms with Crippen molar-refractivity contribution >= 4 is 33.8 Å². The highest BCUT2D eigenvalue weighted by Crippen LogP contribution is 2.26. The summed E-state index contributed by atoms with van der Waals surface area (Å²) in [6.07, 6.45) is 16.2. The standard InChI is InChI=1S/C15H17ClN2O.C11H19N3OS.C3H6.2C2H6.C2H2/c1-19-13-4-5-14-11(9-13)8-12(15(16)17-14)10-18-6-2-3-7-18;1-4-9-8-12-10(16-9)7-11(2,3)13-5-6-14-15;1-3-2;3*1-2/h4-5,8-9H,2-3,6-7,10H2,1H3;8,13H,4-7H2,1-3H3;3H,1H2,2H3;2*1-2H3;1-2H. The smallest absolute Gasteiger partial charge is 0.134 e. The molecule has 0 bridgehead atoms. The SMILES string of the molecule is C#C.C=CC.CC.CC.CCc1cnc(CC(C)(C)NCCN=O)s1.COc1ccc2nc(Cl)c(CN3CCCC3)cc2c1. The predicted octanol–water partition coefficient (Wildman–Crippen LogP) is 9.37. The number of ether oxygens (including phenoxy) is 1. The first-order chi connectivity index (χ1) is 21.2. The van der Waals surface area contributed by atoms with E-state index in [1.165, 1.54) is 17.7 Å². The molecule has 0 spiro atoms. The Morgan fingerprint density at radius 1 is 1.18 bits per heavy atom. The maximum Gasteiger partial charge on any atom is 0.134 e. The van der Waals surface area contributed by atoms with E-state index in [9.17, 15) is 4.91 Å². The molecule has 1 aliphatic heterocycles. The van der Waals surface area contributed by atoms with Gasteiger partial charge in [-0.15, -0.1) is 30.8 Å². The third-order valence-corrected chi connectivity index (χ3v) is 7.46. The fraction of sp³-hybridized carbons (Fsp3) is 0.543. The van der Waals surface area contributed by atoms with E-state index >= 15 is 0 Å². The molecule has 1 N–H and O–H groups in total. The van der Waals surface area contributed by atoms with Gasteiger partial charge in [-0.25, -0.2) is 9.97 Å². The second kappa shape index (κ2) is 26.6. The van der Waals surface area contributed by atoms with Gasteiger partial charge >= 0.3 is 0 Å². The molecule has 9 heteroatoms. The summed E-state index contributed by atoms with van der Waals surface area (Å²) in [5.41, 5.74) is 1.98. The van der Waals surface area contributed by atoms with Crippen molar-refractivity contribution in [3.8, 4) is 18.6 Å². The van der Waals surface area contributed by atoms with E-state index < -0.39 is 0 Å². The minimum absolute atomic E-state index is 0.0342. The van der Waals surface area contributed by atoms with Gasteiger partial charge in [0.2, 0.25) is 0 Å². The lowest BCUT2D eigenvalue weighted by Gasteiger charge is -2.24. The van der Waals surface area contributed by atoms with Gasteiger partial charge in [0.1, 0.15) is 10.9 Å². The normalized spacial score (nSPS) is 11.8. The number of nitrogens with zero attached hydrogens (tertiary/aromatic N) is 4. The Morgan fingerprint density at radius 2 is 1.80 bits per heavy atom. The molecule has 7 nitrogen and oxygen atoms in total. The van der Waals surface area contributed by atoms with Crippen molar-refractivity contribution in [2.45, 2.75) is 93.2 Å². The predicted molar refractivity (Wildman–Crippen MR) is 194 cm³/mol. The molecule has 0 unspecified atom stereocenters. The molecule has 1 saturated heterocycles. The number of fused-ring (bicyclic) bond motifs is 1.